The van der Waals surface area contributed by atoms with Crippen LogP contribution in [0.25, 0.3) is 0 Å². The highest BCUT2D eigenvalue weighted by Crippen LogP contribution is 2.31. The third kappa shape index (κ3) is 4.08. The van der Waals surface area contributed by atoms with Crippen molar-refractivity contribution in [3.05, 3.63) is 29.3 Å². The lowest BCUT2D eigenvalue weighted by Gasteiger charge is -2.29. The number of aromatic hydroxyl groups is 1. The lowest BCUT2D eigenvalue weighted by Crippen LogP contribution is -2.45. The van der Waals surface area contributed by atoms with Crippen LogP contribution < -0.4 is 5.32 Å². The van der Waals surface area contributed by atoms with Crippen LogP contribution in [0.2, 0.25) is 0 Å². The zero-order valence-electron chi connectivity index (χ0n) is 14.1. The number of hydrogen-bond acceptors (Lipinski definition) is 4. The van der Waals surface area contributed by atoms with Gasteiger partial charge < -0.3 is 15.3 Å². The molecule has 1 fully saturated rings. The highest BCUT2D eigenvalue weighted by molar-refractivity contribution is 5.98. The summed E-state index contributed by atoms with van der Waals surface area (Å²) in [5, 5.41) is 13.4. The number of carbonyl (C=O) groups excluding carboxylic acids is 1. The predicted octanol–water partition coefficient (Wildman–Crippen LogP) is 2.41. The molecule has 1 aliphatic heterocycles. The summed E-state index contributed by atoms with van der Waals surface area (Å²) in [4.78, 5) is 15.0. The van der Waals surface area contributed by atoms with Crippen molar-refractivity contribution in [3.8, 4) is 5.75 Å². The van der Waals surface area contributed by atoms with Crippen LogP contribution in [0, 0.1) is 5.92 Å². The van der Waals surface area contributed by atoms with E-state index in [-0.39, 0.29) is 22.9 Å². The molecule has 0 aromatic heterocycles. The molecule has 1 aliphatic rings. The number of rotatable bonds is 4. The van der Waals surface area contributed by atoms with E-state index in [1.165, 1.54) is 0 Å². The molecule has 1 aromatic rings. The van der Waals surface area contributed by atoms with Crippen molar-refractivity contribution in [2.24, 2.45) is 5.92 Å². The molecule has 1 saturated heterocycles. The summed E-state index contributed by atoms with van der Waals surface area (Å²) in [7, 11) is 0. The minimum Gasteiger partial charge on any atom is -0.508 e. The van der Waals surface area contributed by atoms with Crippen LogP contribution in [-0.4, -0.2) is 48.5 Å². The van der Waals surface area contributed by atoms with Crippen molar-refractivity contribution in [2.75, 3.05) is 32.7 Å². The molecule has 2 rings (SSSR count). The first kappa shape index (κ1) is 17.0. The first-order valence-electron chi connectivity index (χ1n) is 8.10. The Balaban J connectivity index is 2.11. The summed E-state index contributed by atoms with van der Waals surface area (Å²) in [6.07, 6.45) is 0. The number of Topliss-reactive ketones (excluding diaryl/α,β-unsaturated/α-hetero) is 1. The SMILES string of the molecule is CC(CN1CCNCC1)C(=O)c1ccc(O)c(C(C)(C)C)c1. The van der Waals surface area contributed by atoms with Crippen molar-refractivity contribution in [1.82, 2.24) is 10.2 Å². The van der Waals surface area contributed by atoms with Crippen molar-refractivity contribution in [2.45, 2.75) is 33.1 Å². The van der Waals surface area contributed by atoms with E-state index >= 15 is 0 Å². The van der Waals surface area contributed by atoms with Gasteiger partial charge in [-0.1, -0.05) is 27.7 Å². The van der Waals surface area contributed by atoms with Gasteiger partial charge in [0.05, 0.1) is 0 Å². The van der Waals surface area contributed by atoms with Gasteiger partial charge in [0.15, 0.2) is 5.78 Å². The summed E-state index contributed by atoms with van der Waals surface area (Å²) in [5.41, 5.74) is 1.35. The van der Waals surface area contributed by atoms with Crippen molar-refractivity contribution >= 4 is 5.78 Å². The second kappa shape index (κ2) is 6.80. The number of nitrogens with zero attached hydrogens (tertiary/aromatic N) is 1. The highest BCUT2D eigenvalue weighted by atomic mass is 16.3. The van der Waals surface area contributed by atoms with Crippen LogP contribution in [0.4, 0.5) is 0 Å². The average molecular weight is 304 g/mol. The van der Waals surface area contributed by atoms with Crippen molar-refractivity contribution < 1.29 is 9.90 Å². The molecule has 22 heavy (non-hydrogen) atoms. The molecule has 1 aromatic carbocycles. The Morgan fingerprint density at radius 2 is 1.95 bits per heavy atom. The molecule has 0 aliphatic carbocycles. The van der Waals surface area contributed by atoms with Gasteiger partial charge in [-0.05, 0) is 29.2 Å². The van der Waals surface area contributed by atoms with Crippen LogP contribution in [0.15, 0.2) is 18.2 Å². The third-order valence-electron chi connectivity index (χ3n) is 4.28. The molecule has 0 saturated carbocycles. The quantitative estimate of drug-likeness (QED) is 0.839. The van der Waals surface area contributed by atoms with Crippen LogP contribution in [0.3, 0.4) is 0 Å². The molecule has 0 bridgehead atoms. The van der Waals surface area contributed by atoms with E-state index in [0.717, 1.165) is 38.3 Å². The van der Waals surface area contributed by atoms with Gasteiger partial charge in [0, 0.05) is 44.2 Å². The molecule has 1 heterocycles. The van der Waals surface area contributed by atoms with Gasteiger partial charge in [0.2, 0.25) is 0 Å². The maximum Gasteiger partial charge on any atom is 0.166 e. The summed E-state index contributed by atoms with van der Waals surface area (Å²) < 4.78 is 0. The molecule has 0 radical (unpaired) electrons. The van der Waals surface area contributed by atoms with Gasteiger partial charge in [-0.3, -0.25) is 4.79 Å². The standard InChI is InChI=1S/C18H28N2O2/c1-13(12-20-9-7-19-8-10-20)17(22)14-5-6-16(21)15(11-14)18(2,3)4/h5-6,11,13,19,21H,7-10,12H2,1-4H3. The second-order valence-electron chi connectivity index (χ2n) is 7.30. The number of phenolic OH excluding ortho intramolecular Hbond substituents is 1. The summed E-state index contributed by atoms with van der Waals surface area (Å²) >= 11 is 0. The number of benzene rings is 1. The molecule has 1 atom stereocenters. The molecule has 4 heteroatoms. The number of hydrogen-bond donors (Lipinski definition) is 2. The monoisotopic (exact) mass is 304 g/mol. The average Bonchev–Trinajstić information content (AvgIpc) is 2.47. The Kier molecular flexibility index (Phi) is 5.24. The molecule has 2 N–H and O–H groups in total. The zero-order chi connectivity index (χ0) is 16.3. The van der Waals surface area contributed by atoms with Crippen LogP contribution in [0.1, 0.15) is 43.6 Å². The molecular weight excluding hydrogens is 276 g/mol. The van der Waals surface area contributed by atoms with E-state index in [2.05, 4.69) is 10.2 Å². The Bertz CT molecular complexity index is 528. The van der Waals surface area contributed by atoms with E-state index in [9.17, 15) is 9.90 Å². The maximum absolute atomic E-state index is 12.7. The van der Waals surface area contributed by atoms with E-state index in [0.29, 0.717) is 5.56 Å². The van der Waals surface area contributed by atoms with E-state index in [1.54, 1.807) is 12.1 Å². The van der Waals surface area contributed by atoms with Gasteiger partial charge in [-0.2, -0.15) is 0 Å². The third-order valence-corrected chi connectivity index (χ3v) is 4.28. The Hall–Kier alpha value is -1.39. The minimum absolute atomic E-state index is 0.0320. The van der Waals surface area contributed by atoms with Crippen molar-refractivity contribution in [1.29, 1.82) is 0 Å². The normalized spacial score (nSPS) is 18.2. The lowest BCUT2D eigenvalue weighted by atomic mass is 9.84. The number of piperazine rings is 1. The smallest absolute Gasteiger partial charge is 0.166 e. The number of phenols is 1. The fourth-order valence-electron chi connectivity index (χ4n) is 2.94. The molecule has 4 nitrogen and oxygen atoms in total. The van der Waals surface area contributed by atoms with Gasteiger partial charge in [0.1, 0.15) is 5.75 Å². The number of carbonyl (C=O) groups is 1. The predicted molar refractivity (Wildman–Crippen MR) is 89.6 cm³/mol. The van der Waals surface area contributed by atoms with Gasteiger partial charge >= 0.3 is 0 Å². The van der Waals surface area contributed by atoms with Crippen LogP contribution in [-0.2, 0) is 5.41 Å². The van der Waals surface area contributed by atoms with Gasteiger partial charge in [-0.25, -0.2) is 0 Å². The molecule has 122 valence electrons. The fourth-order valence-corrected chi connectivity index (χ4v) is 2.94. The topological polar surface area (TPSA) is 52.6 Å². The zero-order valence-corrected chi connectivity index (χ0v) is 14.1. The van der Waals surface area contributed by atoms with Crippen molar-refractivity contribution in [3.63, 3.8) is 0 Å². The maximum atomic E-state index is 12.7. The molecular formula is C18H28N2O2. The van der Waals surface area contributed by atoms with Crippen LogP contribution >= 0.6 is 0 Å². The Labute approximate surface area is 133 Å². The number of ketones is 1. The molecule has 0 amide bonds. The number of nitrogens with one attached hydrogen (secondary N) is 1. The Morgan fingerprint density at radius 1 is 1.32 bits per heavy atom. The van der Waals surface area contributed by atoms with E-state index in [1.807, 2.05) is 33.8 Å². The summed E-state index contributed by atoms with van der Waals surface area (Å²) in [6, 6.07) is 5.23. The molecule has 0 spiro atoms. The van der Waals surface area contributed by atoms with Crippen LogP contribution in [0.5, 0.6) is 5.75 Å². The minimum atomic E-state index is -0.178. The summed E-state index contributed by atoms with van der Waals surface area (Å²) in [5.74, 6) is 0.387. The van der Waals surface area contributed by atoms with E-state index in [4.69, 9.17) is 0 Å². The lowest BCUT2D eigenvalue weighted by molar-refractivity contribution is 0.0887. The van der Waals surface area contributed by atoms with Gasteiger partial charge in [0.25, 0.3) is 0 Å². The largest absolute Gasteiger partial charge is 0.508 e. The first-order chi connectivity index (χ1) is 10.3. The second-order valence-corrected chi connectivity index (χ2v) is 7.30. The molecule has 1 unspecified atom stereocenters. The first-order valence-corrected chi connectivity index (χ1v) is 8.10. The summed E-state index contributed by atoms with van der Waals surface area (Å²) in [6.45, 7) is 12.9. The highest BCUT2D eigenvalue weighted by Gasteiger charge is 2.23. The fraction of sp³-hybridized carbons (Fsp3) is 0.611. The Morgan fingerprint density at radius 3 is 2.55 bits per heavy atom. The van der Waals surface area contributed by atoms with E-state index < -0.39 is 0 Å². The van der Waals surface area contributed by atoms with Gasteiger partial charge in [-0.15, -0.1) is 0 Å².